The maximum absolute atomic E-state index is 12.8. The molecule has 1 aliphatic rings. The highest BCUT2D eigenvalue weighted by Crippen LogP contribution is 2.20. The maximum atomic E-state index is 12.8. The van der Waals surface area contributed by atoms with Crippen LogP contribution >= 0.6 is 15.9 Å². The maximum Gasteiger partial charge on any atom is 0.254 e. The Hall–Kier alpha value is -0.870. The summed E-state index contributed by atoms with van der Waals surface area (Å²) < 4.78 is 0.973. The summed E-state index contributed by atoms with van der Waals surface area (Å²) in [6.45, 7) is 7.07. The van der Waals surface area contributed by atoms with E-state index >= 15 is 0 Å². The highest BCUT2D eigenvalue weighted by atomic mass is 79.9. The number of likely N-dealkylation sites (N-methyl/N-ethyl adjacent to an activating group) is 1. The number of hydrogen-bond acceptors (Lipinski definition) is 2. The van der Waals surface area contributed by atoms with E-state index in [1.807, 2.05) is 25.1 Å². The minimum Gasteiger partial charge on any atom is -0.334 e. The molecule has 20 heavy (non-hydrogen) atoms. The first-order valence-corrected chi connectivity index (χ1v) is 8.07. The van der Waals surface area contributed by atoms with Crippen LogP contribution in [0.2, 0.25) is 0 Å². The molecule has 1 aliphatic heterocycles. The van der Waals surface area contributed by atoms with E-state index in [2.05, 4.69) is 39.7 Å². The molecule has 0 spiro atoms. The molecule has 1 unspecified atom stereocenters. The number of amides is 1. The van der Waals surface area contributed by atoms with E-state index in [1.54, 1.807) is 0 Å². The summed E-state index contributed by atoms with van der Waals surface area (Å²) in [5, 5.41) is 0. The van der Waals surface area contributed by atoms with E-state index in [9.17, 15) is 4.79 Å². The lowest BCUT2D eigenvalue weighted by Crippen LogP contribution is -2.43. The van der Waals surface area contributed by atoms with Gasteiger partial charge in [0.25, 0.3) is 5.91 Å². The third kappa shape index (κ3) is 3.61. The van der Waals surface area contributed by atoms with Crippen molar-refractivity contribution < 1.29 is 4.79 Å². The third-order valence-electron chi connectivity index (χ3n) is 3.92. The van der Waals surface area contributed by atoms with Crippen LogP contribution in [-0.2, 0) is 0 Å². The van der Waals surface area contributed by atoms with Crippen molar-refractivity contribution >= 4 is 21.8 Å². The number of carbonyl (C=O) groups is 1. The SMILES string of the molecule is CCC1CN(C)CCCN1C(=O)c1cc(C)cc(Br)c1. The molecule has 0 radical (unpaired) electrons. The second kappa shape index (κ2) is 6.72. The Morgan fingerprint density at radius 1 is 1.35 bits per heavy atom. The molecule has 0 saturated carbocycles. The summed E-state index contributed by atoms with van der Waals surface area (Å²) >= 11 is 3.48. The first-order chi connectivity index (χ1) is 9.51. The molecule has 2 rings (SSSR count). The van der Waals surface area contributed by atoms with E-state index in [4.69, 9.17) is 0 Å². The molecular formula is C16H23BrN2O. The summed E-state index contributed by atoms with van der Waals surface area (Å²) in [4.78, 5) is 17.2. The number of carbonyl (C=O) groups excluding carboxylic acids is 1. The average Bonchev–Trinajstić information content (AvgIpc) is 2.58. The second-order valence-corrected chi connectivity index (χ2v) is 6.61. The number of rotatable bonds is 2. The Labute approximate surface area is 130 Å². The van der Waals surface area contributed by atoms with Crippen LogP contribution in [0.15, 0.2) is 22.7 Å². The van der Waals surface area contributed by atoms with Crippen molar-refractivity contribution in [3.63, 3.8) is 0 Å². The first kappa shape index (κ1) is 15.5. The smallest absolute Gasteiger partial charge is 0.254 e. The monoisotopic (exact) mass is 338 g/mol. The second-order valence-electron chi connectivity index (χ2n) is 5.69. The molecule has 4 heteroatoms. The van der Waals surface area contributed by atoms with Crippen molar-refractivity contribution in [2.45, 2.75) is 32.7 Å². The Morgan fingerprint density at radius 2 is 2.10 bits per heavy atom. The molecule has 0 N–H and O–H groups in total. The van der Waals surface area contributed by atoms with Crippen molar-refractivity contribution in [3.8, 4) is 0 Å². The van der Waals surface area contributed by atoms with Crippen LogP contribution in [0.25, 0.3) is 0 Å². The van der Waals surface area contributed by atoms with E-state index in [-0.39, 0.29) is 5.91 Å². The molecule has 0 aliphatic carbocycles. The zero-order chi connectivity index (χ0) is 14.7. The van der Waals surface area contributed by atoms with Crippen molar-refractivity contribution in [2.75, 3.05) is 26.7 Å². The number of halogens is 1. The van der Waals surface area contributed by atoms with Crippen molar-refractivity contribution in [3.05, 3.63) is 33.8 Å². The van der Waals surface area contributed by atoms with Crippen LogP contribution in [-0.4, -0.2) is 48.4 Å². The van der Waals surface area contributed by atoms with Crippen LogP contribution in [0.3, 0.4) is 0 Å². The molecule has 0 aromatic heterocycles. The van der Waals surface area contributed by atoms with Gasteiger partial charge in [-0.1, -0.05) is 22.9 Å². The lowest BCUT2D eigenvalue weighted by molar-refractivity contribution is 0.0675. The zero-order valence-corrected chi connectivity index (χ0v) is 14.1. The van der Waals surface area contributed by atoms with E-state index < -0.39 is 0 Å². The van der Waals surface area contributed by atoms with E-state index in [0.717, 1.165) is 48.1 Å². The summed E-state index contributed by atoms with van der Waals surface area (Å²) in [6, 6.07) is 6.25. The molecule has 1 aromatic carbocycles. The van der Waals surface area contributed by atoms with Gasteiger partial charge in [0, 0.05) is 29.2 Å². The zero-order valence-electron chi connectivity index (χ0n) is 12.5. The molecule has 1 saturated heterocycles. The molecule has 1 atom stereocenters. The van der Waals surface area contributed by atoms with Crippen molar-refractivity contribution in [1.82, 2.24) is 9.80 Å². The van der Waals surface area contributed by atoms with Gasteiger partial charge in [-0.05, 0) is 57.1 Å². The Bertz CT molecular complexity index is 469. The Balaban J connectivity index is 2.25. The molecule has 110 valence electrons. The molecule has 1 aromatic rings. The Morgan fingerprint density at radius 3 is 2.75 bits per heavy atom. The van der Waals surface area contributed by atoms with Gasteiger partial charge in [-0.3, -0.25) is 4.79 Å². The average molecular weight is 339 g/mol. The van der Waals surface area contributed by atoms with Gasteiger partial charge in [0.1, 0.15) is 0 Å². The number of nitrogens with zero attached hydrogens (tertiary/aromatic N) is 2. The minimum absolute atomic E-state index is 0.163. The Kier molecular flexibility index (Phi) is 5.22. The van der Waals surface area contributed by atoms with Gasteiger partial charge in [0.2, 0.25) is 0 Å². The number of benzene rings is 1. The topological polar surface area (TPSA) is 23.6 Å². The predicted molar refractivity (Wildman–Crippen MR) is 86.1 cm³/mol. The fourth-order valence-corrected chi connectivity index (χ4v) is 3.49. The van der Waals surface area contributed by atoms with Gasteiger partial charge >= 0.3 is 0 Å². The van der Waals surface area contributed by atoms with Gasteiger partial charge < -0.3 is 9.80 Å². The minimum atomic E-state index is 0.163. The van der Waals surface area contributed by atoms with Crippen LogP contribution in [0.5, 0.6) is 0 Å². The lowest BCUT2D eigenvalue weighted by atomic mass is 10.1. The van der Waals surface area contributed by atoms with Crippen LogP contribution in [0.1, 0.15) is 35.7 Å². The molecule has 1 amide bonds. The molecule has 1 fully saturated rings. The first-order valence-electron chi connectivity index (χ1n) is 7.28. The van der Waals surface area contributed by atoms with Gasteiger partial charge in [-0.2, -0.15) is 0 Å². The van der Waals surface area contributed by atoms with Crippen LogP contribution in [0.4, 0.5) is 0 Å². The third-order valence-corrected chi connectivity index (χ3v) is 4.38. The van der Waals surface area contributed by atoms with Crippen LogP contribution in [0, 0.1) is 6.92 Å². The summed E-state index contributed by atoms with van der Waals surface area (Å²) in [5.41, 5.74) is 1.91. The molecule has 0 bridgehead atoms. The molecular weight excluding hydrogens is 316 g/mol. The quantitative estimate of drug-likeness (QED) is 0.825. The van der Waals surface area contributed by atoms with Gasteiger partial charge in [0.15, 0.2) is 0 Å². The fourth-order valence-electron chi connectivity index (χ4n) is 2.89. The van der Waals surface area contributed by atoms with Crippen LogP contribution < -0.4 is 0 Å². The summed E-state index contributed by atoms with van der Waals surface area (Å²) in [6.07, 6.45) is 2.05. The predicted octanol–water partition coefficient (Wildman–Crippen LogP) is 3.31. The van der Waals surface area contributed by atoms with Gasteiger partial charge in [-0.15, -0.1) is 0 Å². The van der Waals surface area contributed by atoms with Gasteiger partial charge in [-0.25, -0.2) is 0 Å². The van der Waals surface area contributed by atoms with Gasteiger partial charge in [0.05, 0.1) is 0 Å². The highest BCUT2D eigenvalue weighted by Gasteiger charge is 2.26. The lowest BCUT2D eigenvalue weighted by Gasteiger charge is -2.30. The number of hydrogen-bond donors (Lipinski definition) is 0. The van der Waals surface area contributed by atoms with E-state index in [1.165, 1.54) is 0 Å². The molecule has 3 nitrogen and oxygen atoms in total. The molecule has 1 heterocycles. The van der Waals surface area contributed by atoms with Crippen molar-refractivity contribution in [2.24, 2.45) is 0 Å². The number of aryl methyl sites for hydroxylation is 1. The van der Waals surface area contributed by atoms with E-state index in [0.29, 0.717) is 6.04 Å². The standard InChI is InChI=1S/C16H23BrN2O/c1-4-15-11-18(3)6-5-7-19(15)16(20)13-8-12(2)9-14(17)10-13/h8-10,15H,4-7,11H2,1-3H3. The summed E-state index contributed by atoms with van der Waals surface area (Å²) in [7, 11) is 2.14. The highest BCUT2D eigenvalue weighted by molar-refractivity contribution is 9.10. The summed E-state index contributed by atoms with van der Waals surface area (Å²) in [5.74, 6) is 0.163. The largest absolute Gasteiger partial charge is 0.334 e. The fraction of sp³-hybridized carbons (Fsp3) is 0.562. The normalized spacial score (nSPS) is 20.8. The van der Waals surface area contributed by atoms with Crippen molar-refractivity contribution in [1.29, 1.82) is 0 Å².